The number of nitrogens with one attached hydrogen (secondary N) is 1. The van der Waals surface area contributed by atoms with Gasteiger partial charge < -0.3 is 20.0 Å². The third-order valence-corrected chi connectivity index (χ3v) is 4.74. The number of amides is 1. The van der Waals surface area contributed by atoms with Gasteiger partial charge in [0.15, 0.2) is 6.10 Å². The lowest BCUT2D eigenvalue weighted by atomic mass is 9.84. The molecular weight excluding hydrogens is 312 g/mol. The third-order valence-electron chi connectivity index (χ3n) is 4.74. The van der Waals surface area contributed by atoms with Gasteiger partial charge in [0.25, 0.3) is 0 Å². The summed E-state index contributed by atoms with van der Waals surface area (Å²) in [6.07, 6.45) is 1.08. The van der Waals surface area contributed by atoms with E-state index in [2.05, 4.69) is 24.3 Å². The molecule has 0 saturated heterocycles. The molecule has 136 valence electrons. The summed E-state index contributed by atoms with van der Waals surface area (Å²) in [4.78, 5) is 29.2. The zero-order chi connectivity index (χ0) is 18.1. The number of nitrogens with zero attached hydrogens (tertiary/aromatic N) is 1. The van der Waals surface area contributed by atoms with Crippen LogP contribution in [0, 0.1) is 17.8 Å². The molecule has 2 rings (SSSR count). The van der Waals surface area contributed by atoms with Gasteiger partial charge >= 0.3 is 12.1 Å². The van der Waals surface area contributed by atoms with Crippen LogP contribution >= 0.6 is 0 Å². The number of carbonyl (C=O) groups excluding carboxylic acids is 1. The third kappa shape index (κ3) is 3.82. The molecule has 1 fully saturated rings. The first kappa shape index (κ1) is 18.5. The minimum atomic E-state index is -0.917. The van der Waals surface area contributed by atoms with Crippen LogP contribution in [-0.2, 0) is 14.4 Å². The van der Waals surface area contributed by atoms with E-state index in [1.807, 2.05) is 0 Å². The predicted molar refractivity (Wildman–Crippen MR) is 88.8 cm³/mol. The molecule has 1 amide bonds. The van der Waals surface area contributed by atoms with E-state index in [0.29, 0.717) is 6.42 Å². The fourth-order valence-electron chi connectivity index (χ4n) is 3.63. The van der Waals surface area contributed by atoms with Gasteiger partial charge in [-0.05, 0) is 40.0 Å². The fraction of sp³-hybridized carbons (Fsp3) is 0.824. The van der Waals surface area contributed by atoms with Gasteiger partial charge in [-0.2, -0.15) is 0 Å². The van der Waals surface area contributed by atoms with Crippen LogP contribution in [0.2, 0.25) is 0 Å². The van der Waals surface area contributed by atoms with Crippen molar-refractivity contribution in [2.24, 2.45) is 22.9 Å². The van der Waals surface area contributed by atoms with Gasteiger partial charge in [-0.15, -0.1) is 0 Å². The van der Waals surface area contributed by atoms with Gasteiger partial charge in [0.1, 0.15) is 5.60 Å². The first-order valence-corrected chi connectivity index (χ1v) is 8.63. The normalized spacial score (nSPS) is 29.0. The maximum Gasteiger partial charge on any atom is 0.407 e. The van der Waals surface area contributed by atoms with Crippen LogP contribution in [0.1, 0.15) is 53.9 Å². The second-order valence-electron chi connectivity index (χ2n) is 7.56. The van der Waals surface area contributed by atoms with E-state index < -0.39 is 29.7 Å². The molecule has 0 radical (unpaired) electrons. The molecule has 1 saturated carbocycles. The van der Waals surface area contributed by atoms with Gasteiger partial charge in [-0.1, -0.05) is 19.0 Å². The number of alkyl carbamates (subject to hydrolysis) is 1. The standard InChI is InChI=1S/C17H28N2O5/c1-6-9(7-2)13-12-11(18-16(22)23-17(3,4)5)8-10(15(20)21)14(12)24-19-13/h9-12,14H,6-8H2,1-5H3,(H,18,22)(H,20,21). The van der Waals surface area contributed by atoms with Crippen molar-refractivity contribution in [3.8, 4) is 0 Å². The van der Waals surface area contributed by atoms with Crippen LogP contribution in [0.15, 0.2) is 5.16 Å². The van der Waals surface area contributed by atoms with Crippen LogP contribution in [-0.4, -0.2) is 40.6 Å². The molecular formula is C17H28N2O5. The van der Waals surface area contributed by atoms with Crippen LogP contribution in [0.3, 0.4) is 0 Å². The van der Waals surface area contributed by atoms with E-state index >= 15 is 0 Å². The van der Waals surface area contributed by atoms with Crippen molar-refractivity contribution in [1.29, 1.82) is 0 Å². The Kier molecular flexibility index (Phi) is 5.40. The highest BCUT2D eigenvalue weighted by Gasteiger charge is 2.55. The highest BCUT2D eigenvalue weighted by molar-refractivity contribution is 5.92. The van der Waals surface area contributed by atoms with Gasteiger partial charge in [0.05, 0.1) is 17.5 Å². The number of aliphatic carboxylic acids is 1. The van der Waals surface area contributed by atoms with Crippen LogP contribution in [0.25, 0.3) is 0 Å². The van der Waals surface area contributed by atoms with Gasteiger partial charge in [-0.25, -0.2) is 4.79 Å². The summed E-state index contributed by atoms with van der Waals surface area (Å²) in [5.41, 5.74) is 0.266. The molecule has 0 spiro atoms. The molecule has 0 aromatic rings. The van der Waals surface area contributed by atoms with Crippen molar-refractivity contribution in [1.82, 2.24) is 5.32 Å². The largest absolute Gasteiger partial charge is 0.481 e. The van der Waals surface area contributed by atoms with E-state index in [-0.39, 0.29) is 17.9 Å². The maximum absolute atomic E-state index is 12.1. The number of ether oxygens (including phenoxy) is 1. The Labute approximate surface area is 142 Å². The molecule has 2 N–H and O–H groups in total. The quantitative estimate of drug-likeness (QED) is 0.802. The molecule has 0 aromatic heterocycles. The first-order valence-electron chi connectivity index (χ1n) is 8.63. The monoisotopic (exact) mass is 340 g/mol. The number of carboxylic acid groups (broad SMARTS) is 1. The molecule has 1 aliphatic carbocycles. The van der Waals surface area contributed by atoms with Crippen molar-refractivity contribution in [2.75, 3.05) is 0 Å². The Morgan fingerprint density at radius 1 is 1.38 bits per heavy atom. The van der Waals surface area contributed by atoms with Crippen molar-refractivity contribution in [3.05, 3.63) is 0 Å². The Morgan fingerprint density at radius 2 is 2.00 bits per heavy atom. The summed E-state index contributed by atoms with van der Waals surface area (Å²) < 4.78 is 5.31. The highest BCUT2D eigenvalue weighted by atomic mass is 16.6. The number of oxime groups is 1. The predicted octanol–water partition coefficient (Wildman–Crippen LogP) is 2.79. The average Bonchev–Trinajstić information content (AvgIpc) is 3.00. The van der Waals surface area contributed by atoms with Crippen molar-refractivity contribution in [3.63, 3.8) is 0 Å². The second kappa shape index (κ2) is 6.99. The Bertz CT molecular complexity index is 522. The van der Waals surface area contributed by atoms with Crippen LogP contribution in [0.4, 0.5) is 4.79 Å². The molecule has 0 bridgehead atoms. The number of hydrogen-bond donors (Lipinski definition) is 2. The first-order chi connectivity index (χ1) is 11.2. The van der Waals surface area contributed by atoms with Crippen LogP contribution in [0.5, 0.6) is 0 Å². The van der Waals surface area contributed by atoms with Gasteiger partial charge in [-0.3, -0.25) is 4.79 Å². The van der Waals surface area contributed by atoms with Gasteiger partial charge in [0.2, 0.25) is 0 Å². The molecule has 7 nitrogen and oxygen atoms in total. The molecule has 7 heteroatoms. The van der Waals surface area contributed by atoms with Crippen LogP contribution < -0.4 is 5.32 Å². The lowest BCUT2D eigenvalue weighted by Gasteiger charge is -2.25. The molecule has 4 unspecified atom stereocenters. The Balaban J connectivity index is 2.18. The summed E-state index contributed by atoms with van der Waals surface area (Å²) in [6.45, 7) is 9.52. The van der Waals surface area contributed by atoms with E-state index in [1.165, 1.54) is 0 Å². The summed E-state index contributed by atoms with van der Waals surface area (Å²) in [7, 11) is 0. The van der Waals surface area contributed by atoms with E-state index in [1.54, 1.807) is 20.8 Å². The topological polar surface area (TPSA) is 97.2 Å². The molecule has 24 heavy (non-hydrogen) atoms. The van der Waals surface area contributed by atoms with Crippen molar-refractivity contribution in [2.45, 2.75) is 71.6 Å². The number of carbonyl (C=O) groups is 2. The lowest BCUT2D eigenvalue weighted by Crippen LogP contribution is -2.45. The minimum Gasteiger partial charge on any atom is -0.481 e. The number of carboxylic acids is 1. The minimum absolute atomic E-state index is 0.205. The Hall–Kier alpha value is -1.79. The number of fused-ring (bicyclic) bond motifs is 1. The fourth-order valence-corrected chi connectivity index (χ4v) is 3.63. The highest BCUT2D eigenvalue weighted by Crippen LogP contribution is 2.41. The van der Waals surface area contributed by atoms with Crippen molar-refractivity contribution < 1.29 is 24.3 Å². The van der Waals surface area contributed by atoms with Gasteiger partial charge in [0, 0.05) is 12.0 Å². The lowest BCUT2D eigenvalue weighted by molar-refractivity contribution is -0.145. The Morgan fingerprint density at radius 3 is 2.50 bits per heavy atom. The number of hydrogen-bond acceptors (Lipinski definition) is 5. The molecule has 1 aliphatic heterocycles. The van der Waals surface area contributed by atoms with E-state index in [9.17, 15) is 14.7 Å². The summed E-state index contributed by atoms with van der Waals surface area (Å²) in [6, 6.07) is -0.340. The second-order valence-corrected chi connectivity index (χ2v) is 7.56. The smallest absolute Gasteiger partial charge is 0.407 e. The summed E-state index contributed by atoms with van der Waals surface area (Å²) in [5, 5.41) is 16.5. The molecule has 0 aromatic carbocycles. The molecule has 2 aliphatic rings. The molecule has 1 heterocycles. The molecule has 4 atom stereocenters. The zero-order valence-corrected chi connectivity index (χ0v) is 15.0. The number of rotatable bonds is 5. The van der Waals surface area contributed by atoms with Crippen molar-refractivity contribution >= 4 is 17.8 Å². The van der Waals surface area contributed by atoms with E-state index in [0.717, 1.165) is 18.6 Å². The average molecular weight is 340 g/mol. The maximum atomic E-state index is 12.1. The zero-order valence-electron chi connectivity index (χ0n) is 15.0. The summed E-state index contributed by atoms with van der Waals surface area (Å²) >= 11 is 0. The SMILES string of the molecule is CCC(CC)C1=NOC2C(C(=O)O)CC(NC(=O)OC(C)(C)C)C12. The van der Waals surface area contributed by atoms with E-state index in [4.69, 9.17) is 9.57 Å². The summed E-state index contributed by atoms with van der Waals surface area (Å²) in [5.74, 6) is -1.57.